The van der Waals surface area contributed by atoms with Gasteiger partial charge in [0.15, 0.2) is 5.17 Å². The fraction of sp³-hybridized carbons (Fsp3) is 0.923. The van der Waals surface area contributed by atoms with E-state index >= 15 is 0 Å². The van der Waals surface area contributed by atoms with E-state index in [1.165, 1.54) is 55.9 Å². The lowest BCUT2D eigenvalue weighted by atomic mass is 10.0. The molecule has 1 saturated heterocycles. The van der Waals surface area contributed by atoms with Crippen molar-refractivity contribution in [2.75, 3.05) is 12.0 Å². The van der Waals surface area contributed by atoms with Crippen molar-refractivity contribution in [3.05, 3.63) is 0 Å². The third-order valence-corrected chi connectivity index (χ3v) is 6.75. The van der Waals surface area contributed by atoms with Crippen molar-refractivity contribution in [3.63, 3.8) is 0 Å². The number of hydrogen-bond acceptors (Lipinski definition) is 3. The van der Waals surface area contributed by atoms with Gasteiger partial charge in [-0.3, -0.25) is 4.99 Å². The summed E-state index contributed by atoms with van der Waals surface area (Å²) in [7, 11) is 0. The first kappa shape index (κ1) is 12.2. The Morgan fingerprint density at radius 2 is 2.12 bits per heavy atom. The lowest BCUT2D eigenvalue weighted by Crippen LogP contribution is -2.41. The lowest BCUT2D eigenvalue weighted by Gasteiger charge is -2.22. The van der Waals surface area contributed by atoms with E-state index in [-0.39, 0.29) is 0 Å². The number of thioether (sulfide) groups is 2. The van der Waals surface area contributed by atoms with Crippen LogP contribution in [0.25, 0.3) is 0 Å². The highest BCUT2D eigenvalue weighted by Gasteiger charge is 2.40. The van der Waals surface area contributed by atoms with Crippen LogP contribution >= 0.6 is 23.5 Å². The minimum atomic E-state index is 0.428. The van der Waals surface area contributed by atoms with Gasteiger partial charge in [-0.25, -0.2) is 0 Å². The number of nitrogens with zero attached hydrogens (tertiary/aromatic N) is 1. The first-order valence-corrected chi connectivity index (χ1v) is 9.10. The van der Waals surface area contributed by atoms with Crippen molar-refractivity contribution in [2.24, 2.45) is 4.99 Å². The van der Waals surface area contributed by atoms with Gasteiger partial charge in [0.25, 0.3) is 0 Å². The van der Waals surface area contributed by atoms with E-state index in [2.05, 4.69) is 11.6 Å². The monoisotopic (exact) mass is 270 g/mol. The minimum absolute atomic E-state index is 0.428. The van der Waals surface area contributed by atoms with E-state index in [0.717, 1.165) is 5.25 Å². The second-order valence-corrected chi connectivity index (χ2v) is 7.65. The first-order chi connectivity index (χ1) is 8.31. The van der Waals surface area contributed by atoms with E-state index < -0.39 is 0 Å². The Morgan fingerprint density at radius 3 is 2.88 bits per heavy atom. The third-order valence-electron chi connectivity index (χ3n) is 4.42. The quantitative estimate of drug-likeness (QED) is 0.833. The second kappa shape index (κ2) is 5.04. The predicted molar refractivity (Wildman–Crippen MR) is 79.2 cm³/mol. The minimum Gasteiger partial charge on any atom is -0.359 e. The molecule has 3 fully saturated rings. The molecule has 1 spiro atoms. The van der Waals surface area contributed by atoms with Crippen molar-refractivity contribution in [1.29, 1.82) is 0 Å². The molecule has 2 saturated carbocycles. The lowest BCUT2D eigenvalue weighted by molar-refractivity contribution is 0.452. The van der Waals surface area contributed by atoms with Gasteiger partial charge < -0.3 is 5.32 Å². The van der Waals surface area contributed by atoms with Gasteiger partial charge in [0.05, 0.1) is 6.04 Å². The summed E-state index contributed by atoms with van der Waals surface area (Å²) < 4.78 is 0. The van der Waals surface area contributed by atoms with Crippen LogP contribution < -0.4 is 5.32 Å². The molecule has 2 unspecified atom stereocenters. The summed E-state index contributed by atoms with van der Waals surface area (Å²) >= 11 is 3.97. The molecule has 2 aliphatic carbocycles. The fourth-order valence-corrected chi connectivity index (χ4v) is 5.56. The zero-order valence-electron chi connectivity index (χ0n) is 10.6. The van der Waals surface area contributed by atoms with Crippen molar-refractivity contribution in [2.45, 2.75) is 61.8 Å². The molecule has 3 aliphatic rings. The summed E-state index contributed by atoms with van der Waals surface area (Å²) in [6, 6.07) is 0.580. The van der Waals surface area contributed by atoms with E-state index in [1.807, 2.05) is 23.5 Å². The van der Waals surface area contributed by atoms with Crippen LogP contribution in [0, 0.1) is 0 Å². The zero-order valence-corrected chi connectivity index (χ0v) is 12.2. The molecule has 3 rings (SSSR count). The van der Waals surface area contributed by atoms with Gasteiger partial charge in [0.2, 0.25) is 0 Å². The molecule has 0 radical (unpaired) electrons. The average molecular weight is 270 g/mol. The molecule has 1 aliphatic heterocycles. The number of aliphatic imine (C=N–C) groups is 1. The molecule has 0 amide bonds. The van der Waals surface area contributed by atoms with E-state index in [9.17, 15) is 0 Å². The highest BCUT2D eigenvalue weighted by molar-refractivity contribution is 8.14. The summed E-state index contributed by atoms with van der Waals surface area (Å²) in [4.78, 5) is 4.99. The molecule has 0 aromatic heterocycles. The summed E-state index contributed by atoms with van der Waals surface area (Å²) in [6.45, 7) is 0. The maximum Gasteiger partial charge on any atom is 0.157 e. The molecule has 1 heterocycles. The van der Waals surface area contributed by atoms with Crippen LogP contribution in [-0.2, 0) is 0 Å². The maximum absolute atomic E-state index is 4.99. The zero-order chi connectivity index (χ0) is 11.7. The Hall–Kier alpha value is 0.170. The highest BCUT2D eigenvalue weighted by Crippen LogP contribution is 2.38. The molecule has 1 N–H and O–H groups in total. The average Bonchev–Trinajstić information content (AvgIpc) is 3.03. The van der Waals surface area contributed by atoms with Crippen LogP contribution in [0.4, 0.5) is 0 Å². The normalized spacial score (nSPS) is 38.1. The molecule has 0 bridgehead atoms. The van der Waals surface area contributed by atoms with Gasteiger partial charge >= 0.3 is 0 Å². The summed E-state index contributed by atoms with van der Waals surface area (Å²) in [5, 5.41) is 5.76. The van der Waals surface area contributed by atoms with Crippen LogP contribution in [0.2, 0.25) is 0 Å². The third kappa shape index (κ3) is 2.48. The molecule has 2 atom stereocenters. The van der Waals surface area contributed by atoms with Gasteiger partial charge in [-0.05, 0) is 31.9 Å². The number of amidine groups is 1. The molecular weight excluding hydrogens is 248 g/mol. The molecule has 0 aromatic carbocycles. The maximum atomic E-state index is 4.99. The molecule has 96 valence electrons. The molecular formula is C13H22N2S2. The van der Waals surface area contributed by atoms with Crippen molar-refractivity contribution >= 4 is 28.7 Å². The molecule has 4 heteroatoms. The van der Waals surface area contributed by atoms with E-state index in [4.69, 9.17) is 4.99 Å². The molecule has 17 heavy (non-hydrogen) atoms. The fourth-order valence-electron chi connectivity index (χ4n) is 3.38. The summed E-state index contributed by atoms with van der Waals surface area (Å²) in [5.41, 5.74) is 0.428. The molecule has 0 aromatic rings. The Balaban J connectivity index is 1.65. The van der Waals surface area contributed by atoms with Crippen LogP contribution in [0.15, 0.2) is 4.99 Å². The predicted octanol–water partition coefficient (Wildman–Crippen LogP) is 3.28. The Morgan fingerprint density at radius 1 is 1.29 bits per heavy atom. The summed E-state index contributed by atoms with van der Waals surface area (Å²) in [5.74, 6) is 1.25. The molecule has 2 nitrogen and oxygen atoms in total. The van der Waals surface area contributed by atoms with E-state index in [0.29, 0.717) is 11.6 Å². The van der Waals surface area contributed by atoms with Gasteiger partial charge in [-0.15, -0.1) is 0 Å². The topological polar surface area (TPSA) is 24.4 Å². The first-order valence-electron chi connectivity index (χ1n) is 6.83. The largest absolute Gasteiger partial charge is 0.359 e. The van der Waals surface area contributed by atoms with E-state index in [1.54, 1.807) is 0 Å². The van der Waals surface area contributed by atoms with Crippen molar-refractivity contribution in [1.82, 2.24) is 5.32 Å². The number of nitrogens with one attached hydrogen (secondary N) is 1. The SMILES string of the molecule is CSC1CCCC1N=C1NC2(CCCC2)CS1. The highest BCUT2D eigenvalue weighted by atomic mass is 32.2. The second-order valence-electron chi connectivity index (χ2n) is 5.61. The van der Waals surface area contributed by atoms with Gasteiger partial charge in [-0.2, -0.15) is 11.8 Å². The van der Waals surface area contributed by atoms with Crippen molar-refractivity contribution in [3.8, 4) is 0 Å². The smallest absolute Gasteiger partial charge is 0.157 e. The standard InChI is InChI=1S/C13H22N2S2/c1-16-11-6-4-5-10(11)14-12-15-13(9-17-12)7-2-3-8-13/h10-11H,2-9H2,1H3,(H,14,15). The Kier molecular flexibility index (Phi) is 3.62. The van der Waals surface area contributed by atoms with Gasteiger partial charge in [0, 0.05) is 16.5 Å². The van der Waals surface area contributed by atoms with Crippen LogP contribution in [0.5, 0.6) is 0 Å². The number of hydrogen-bond donors (Lipinski definition) is 1. The van der Waals surface area contributed by atoms with Crippen LogP contribution in [0.1, 0.15) is 44.9 Å². The number of rotatable bonds is 2. The van der Waals surface area contributed by atoms with Crippen LogP contribution in [-0.4, -0.2) is 34.0 Å². The van der Waals surface area contributed by atoms with Crippen LogP contribution in [0.3, 0.4) is 0 Å². The Bertz CT molecular complexity index is 311. The van der Waals surface area contributed by atoms with Gasteiger partial charge in [0.1, 0.15) is 0 Å². The summed E-state index contributed by atoms with van der Waals surface area (Å²) in [6.07, 6.45) is 11.8. The van der Waals surface area contributed by atoms with Gasteiger partial charge in [-0.1, -0.05) is 31.0 Å². The van der Waals surface area contributed by atoms with Crippen molar-refractivity contribution < 1.29 is 0 Å². The Labute approximate surface area is 113 Å².